The molecule has 0 aliphatic rings. The third kappa shape index (κ3) is 2.91. The summed E-state index contributed by atoms with van der Waals surface area (Å²) in [5.74, 6) is -0.735. The highest BCUT2D eigenvalue weighted by molar-refractivity contribution is 9.10. The zero-order valence-electron chi connectivity index (χ0n) is 10.7. The van der Waals surface area contributed by atoms with E-state index in [-0.39, 0.29) is 11.3 Å². The van der Waals surface area contributed by atoms with Crippen LogP contribution in [0.4, 0.5) is 0 Å². The number of benzene rings is 1. The lowest BCUT2D eigenvalue weighted by atomic mass is 10.1. The van der Waals surface area contributed by atoms with Crippen molar-refractivity contribution in [3.63, 3.8) is 0 Å². The van der Waals surface area contributed by atoms with Gasteiger partial charge in [0.25, 0.3) is 0 Å². The first kappa shape index (κ1) is 14.0. The SMILES string of the molecule is O=C(O)c1c(OCc2cc(Br)cs2)cnc2ccccc12. The summed E-state index contributed by atoms with van der Waals surface area (Å²) >= 11 is 4.92. The lowest BCUT2D eigenvalue weighted by Crippen LogP contribution is -2.04. The number of aromatic carboxylic acids is 1. The lowest BCUT2D eigenvalue weighted by molar-refractivity contribution is 0.0694. The molecule has 3 aromatic rings. The van der Waals surface area contributed by atoms with E-state index in [0.29, 0.717) is 17.5 Å². The predicted molar refractivity (Wildman–Crippen MR) is 85.1 cm³/mol. The number of aromatic nitrogens is 1. The Kier molecular flexibility index (Phi) is 3.90. The minimum atomic E-state index is -1.02. The van der Waals surface area contributed by atoms with Crippen molar-refractivity contribution in [2.75, 3.05) is 0 Å². The molecular formula is C15H10BrNO3S. The van der Waals surface area contributed by atoms with E-state index in [0.717, 1.165) is 9.35 Å². The van der Waals surface area contributed by atoms with Crippen molar-refractivity contribution in [3.8, 4) is 5.75 Å². The van der Waals surface area contributed by atoms with Gasteiger partial charge in [0, 0.05) is 20.1 Å². The summed E-state index contributed by atoms with van der Waals surface area (Å²) in [6.07, 6.45) is 1.47. The average molecular weight is 364 g/mol. The molecule has 0 saturated carbocycles. The van der Waals surface area contributed by atoms with Crippen LogP contribution in [0.3, 0.4) is 0 Å². The highest BCUT2D eigenvalue weighted by Crippen LogP contribution is 2.28. The molecule has 2 heterocycles. The summed E-state index contributed by atoms with van der Waals surface area (Å²) in [6.45, 7) is 0.316. The third-order valence-corrected chi connectivity index (χ3v) is 4.62. The van der Waals surface area contributed by atoms with Crippen molar-refractivity contribution in [2.24, 2.45) is 0 Å². The fourth-order valence-electron chi connectivity index (χ4n) is 2.03. The highest BCUT2D eigenvalue weighted by atomic mass is 79.9. The topological polar surface area (TPSA) is 59.4 Å². The van der Waals surface area contributed by atoms with Crippen LogP contribution in [0.25, 0.3) is 10.9 Å². The van der Waals surface area contributed by atoms with Crippen LogP contribution < -0.4 is 4.74 Å². The Labute approximate surface area is 133 Å². The van der Waals surface area contributed by atoms with E-state index < -0.39 is 5.97 Å². The molecule has 0 fully saturated rings. The van der Waals surface area contributed by atoms with Gasteiger partial charge in [-0.15, -0.1) is 11.3 Å². The normalized spacial score (nSPS) is 10.7. The number of pyridine rings is 1. The molecule has 0 atom stereocenters. The highest BCUT2D eigenvalue weighted by Gasteiger charge is 2.16. The molecular weight excluding hydrogens is 354 g/mol. The Bertz CT molecular complexity index is 816. The fraction of sp³-hybridized carbons (Fsp3) is 0.0667. The number of thiophene rings is 1. The molecule has 0 spiro atoms. The number of para-hydroxylation sites is 1. The molecule has 0 saturated heterocycles. The van der Waals surface area contributed by atoms with Crippen LogP contribution in [-0.2, 0) is 6.61 Å². The number of carbonyl (C=O) groups is 1. The first-order valence-electron chi connectivity index (χ1n) is 6.12. The van der Waals surface area contributed by atoms with Gasteiger partial charge in [-0.3, -0.25) is 4.98 Å². The molecule has 0 radical (unpaired) electrons. The molecule has 0 amide bonds. The van der Waals surface area contributed by atoms with Crippen molar-refractivity contribution in [1.29, 1.82) is 0 Å². The van der Waals surface area contributed by atoms with E-state index >= 15 is 0 Å². The van der Waals surface area contributed by atoms with Crippen LogP contribution in [0.5, 0.6) is 5.75 Å². The number of rotatable bonds is 4. The van der Waals surface area contributed by atoms with Gasteiger partial charge in [-0.2, -0.15) is 0 Å². The Hall–Kier alpha value is -1.92. The van der Waals surface area contributed by atoms with Crippen LogP contribution in [0.15, 0.2) is 46.4 Å². The standard InChI is InChI=1S/C15H10BrNO3S/c16-9-5-10(21-8-9)7-20-13-6-17-12-4-2-1-3-11(12)14(13)15(18)19/h1-6,8H,7H2,(H,18,19). The van der Waals surface area contributed by atoms with Crippen molar-refractivity contribution in [1.82, 2.24) is 4.98 Å². The van der Waals surface area contributed by atoms with Crippen LogP contribution in [0.2, 0.25) is 0 Å². The number of hydrogen-bond acceptors (Lipinski definition) is 4. The number of halogens is 1. The van der Waals surface area contributed by atoms with E-state index in [1.807, 2.05) is 17.5 Å². The first-order valence-corrected chi connectivity index (χ1v) is 7.79. The summed E-state index contributed by atoms with van der Waals surface area (Å²) in [5, 5.41) is 12.0. The maximum absolute atomic E-state index is 11.5. The Balaban J connectivity index is 1.97. The van der Waals surface area contributed by atoms with Gasteiger partial charge < -0.3 is 9.84 Å². The van der Waals surface area contributed by atoms with Gasteiger partial charge in [0.2, 0.25) is 0 Å². The Morgan fingerprint density at radius 1 is 1.38 bits per heavy atom. The predicted octanol–water partition coefficient (Wildman–Crippen LogP) is 4.34. The van der Waals surface area contributed by atoms with E-state index in [1.54, 1.807) is 29.5 Å². The minimum absolute atomic E-state index is 0.149. The molecule has 21 heavy (non-hydrogen) atoms. The molecule has 2 aromatic heterocycles. The first-order chi connectivity index (χ1) is 10.1. The van der Waals surface area contributed by atoms with Gasteiger partial charge in [-0.25, -0.2) is 4.79 Å². The Morgan fingerprint density at radius 3 is 2.90 bits per heavy atom. The number of hydrogen-bond donors (Lipinski definition) is 1. The van der Waals surface area contributed by atoms with Gasteiger partial charge >= 0.3 is 5.97 Å². The van der Waals surface area contributed by atoms with E-state index in [2.05, 4.69) is 20.9 Å². The molecule has 4 nitrogen and oxygen atoms in total. The summed E-state index contributed by atoms with van der Waals surface area (Å²) in [7, 11) is 0. The summed E-state index contributed by atoms with van der Waals surface area (Å²) in [6, 6.07) is 9.07. The van der Waals surface area contributed by atoms with Gasteiger partial charge in [-0.1, -0.05) is 18.2 Å². The molecule has 0 unspecified atom stereocenters. The zero-order chi connectivity index (χ0) is 14.8. The van der Waals surface area contributed by atoms with Crippen molar-refractivity contribution in [3.05, 3.63) is 56.8 Å². The van der Waals surface area contributed by atoms with E-state index in [4.69, 9.17) is 4.74 Å². The lowest BCUT2D eigenvalue weighted by Gasteiger charge is -2.10. The Morgan fingerprint density at radius 2 is 2.19 bits per heavy atom. The van der Waals surface area contributed by atoms with Crippen molar-refractivity contribution < 1.29 is 14.6 Å². The second-order valence-electron chi connectivity index (χ2n) is 4.34. The number of nitrogens with zero attached hydrogens (tertiary/aromatic N) is 1. The van der Waals surface area contributed by atoms with Gasteiger partial charge in [0.05, 0.1) is 11.7 Å². The van der Waals surface area contributed by atoms with E-state index in [1.165, 1.54) is 6.20 Å². The quantitative estimate of drug-likeness (QED) is 0.748. The van der Waals surface area contributed by atoms with Crippen LogP contribution in [0, 0.1) is 0 Å². The molecule has 0 bridgehead atoms. The molecule has 1 aromatic carbocycles. The average Bonchev–Trinajstić information content (AvgIpc) is 2.89. The largest absolute Gasteiger partial charge is 0.486 e. The fourth-order valence-corrected chi connectivity index (χ4v) is 3.39. The van der Waals surface area contributed by atoms with Crippen LogP contribution >= 0.6 is 27.3 Å². The monoisotopic (exact) mass is 363 g/mol. The van der Waals surface area contributed by atoms with Crippen LogP contribution in [0.1, 0.15) is 15.2 Å². The molecule has 106 valence electrons. The molecule has 0 aliphatic heterocycles. The van der Waals surface area contributed by atoms with E-state index in [9.17, 15) is 9.90 Å². The second kappa shape index (κ2) is 5.83. The molecule has 1 N–H and O–H groups in total. The second-order valence-corrected chi connectivity index (χ2v) is 6.25. The summed E-state index contributed by atoms with van der Waals surface area (Å²) in [4.78, 5) is 16.8. The molecule has 3 rings (SSSR count). The van der Waals surface area contributed by atoms with Crippen LogP contribution in [-0.4, -0.2) is 16.1 Å². The molecule has 6 heteroatoms. The number of carboxylic acids is 1. The molecule has 0 aliphatic carbocycles. The zero-order valence-corrected chi connectivity index (χ0v) is 13.1. The maximum atomic E-state index is 11.5. The smallest absolute Gasteiger partial charge is 0.340 e. The number of ether oxygens (including phenoxy) is 1. The summed E-state index contributed by atoms with van der Waals surface area (Å²) in [5.41, 5.74) is 0.789. The van der Waals surface area contributed by atoms with Gasteiger partial charge in [0.15, 0.2) is 5.75 Å². The number of fused-ring (bicyclic) bond motifs is 1. The van der Waals surface area contributed by atoms with Gasteiger partial charge in [-0.05, 0) is 28.1 Å². The maximum Gasteiger partial charge on any atom is 0.340 e. The summed E-state index contributed by atoms with van der Waals surface area (Å²) < 4.78 is 6.64. The van der Waals surface area contributed by atoms with Crippen molar-refractivity contribution in [2.45, 2.75) is 6.61 Å². The van der Waals surface area contributed by atoms with Crippen molar-refractivity contribution >= 4 is 44.1 Å². The van der Waals surface area contributed by atoms with Gasteiger partial charge in [0.1, 0.15) is 12.2 Å². The third-order valence-electron chi connectivity index (χ3n) is 2.95. The number of carboxylic acid groups (broad SMARTS) is 1. The minimum Gasteiger partial charge on any atom is -0.486 e.